The maximum absolute atomic E-state index is 6.45. The fourth-order valence-corrected chi connectivity index (χ4v) is 4.32. The summed E-state index contributed by atoms with van der Waals surface area (Å²) < 4.78 is 6.45. The fourth-order valence-electron chi connectivity index (χ4n) is 4.14. The lowest BCUT2D eigenvalue weighted by atomic mass is 9.82. The second-order valence-corrected chi connectivity index (χ2v) is 7.30. The third-order valence-corrected chi connectivity index (χ3v) is 5.47. The van der Waals surface area contributed by atoms with Gasteiger partial charge in [-0.1, -0.05) is 37.8 Å². The van der Waals surface area contributed by atoms with Crippen LogP contribution in [-0.4, -0.2) is 5.60 Å². The molecule has 1 aliphatic heterocycles. The van der Waals surface area contributed by atoms with Crippen molar-refractivity contribution in [2.24, 2.45) is 11.7 Å². The van der Waals surface area contributed by atoms with E-state index in [1.165, 1.54) is 32.1 Å². The zero-order valence-corrected chi connectivity index (χ0v) is 13.7. The number of benzene rings is 1. The summed E-state index contributed by atoms with van der Waals surface area (Å²) in [4.78, 5) is 0. The van der Waals surface area contributed by atoms with Crippen LogP contribution in [0, 0.1) is 5.92 Å². The van der Waals surface area contributed by atoms with Gasteiger partial charge < -0.3 is 10.5 Å². The van der Waals surface area contributed by atoms with Gasteiger partial charge in [-0.25, -0.2) is 0 Å². The van der Waals surface area contributed by atoms with Gasteiger partial charge in [0.25, 0.3) is 0 Å². The van der Waals surface area contributed by atoms with Gasteiger partial charge in [0.1, 0.15) is 11.4 Å². The number of fused-ring (bicyclic) bond motifs is 1. The maximum Gasteiger partial charge on any atom is 0.125 e. The van der Waals surface area contributed by atoms with Gasteiger partial charge >= 0.3 is 0 Å². The van der Waals surface area contributed by atoms with Gasteiger partial charge in [-0.3, -0.25) is 0 Å². The van der Waals surface area contributed by atoms with Crippen molar-refractivity contribution in [3.8, 4) is 5.75 Å². The zero-order valence-electron chi connectivity index (χ0n) is 12.9. The summed E-state index contributed by atoms with van der Waals surface area (Å²) in [5, 5.41) is 0.743. The monoisotopic (exact) mass is 307 g/mol. The van der Waals surface area contributed by atoms with Crippen LogP contribution in [0.1, 0.15) is 69.9 Å². The van der Waals surface area contributed by atoms with E-state index in [-0.39, 0.29) is 11.6 Å². The van der Waals surface area contributed by atoms with Gasteiger partial charge in [0.2, 0.25) is 0 Å². The minimum absolute atomic E-state index is 0.0390. The molecule has 2 aliphatic rings. The van der Waals surface area contributed by atoms with Crippen molar-refractivity contribution in [2.45, 2.75) is 69.9 Å². The number of hydrogen-bond acceptors (Lipinski definition) is 2. The van der Waals surface area contributed by atoms with E-state index in [0.717, 1.165) is 41.5 Å². The van der Waals surface area contributed by atoms with Crippen LogP contribution in [0.2, 0.25) is 5.02 Å². The first-order chi connectivity index (χ1) is 10.1. The summed E-state index contributed by atoms with van der Waals surface area (Å²) in [5.74, 6) is 1.83. The molecule has 21 heavy (non-hydrogen) atoms. The molecule has 1 aromatic rings. The summed E-state index contributed by atoms with van der Waals surface area (Å²) in [6.45, 7) is 2.29. The van der Waals surface area contributed by atoms with E-state index < -0.39 is 0 Å². The van der Waals surface area contributed by atoms with Gasteiger partial charge in [-0.15, -0.1) is 0 Å². The molecule has 1 aromatic carbocycles. The van der Waals surface area contributed by atoms with E-state index in [2.05, 4.69) is 6.92 Å². The molecule has 1 aliphatic carbocycles. The molecule has 1 fully saturated rings. The van der Waals surface area contributed by atoms with E-state index in [1.54, 1.807) is 0 Å². The van der Waals surface area contributed by atoms with Crippen LogP contribution in [0.5, 0.6) is 5.75 Å². The predicted molar refractivity (Wildman–Crippen MR) is 87.8 cm³/mol. The highest BCUT2D eigenvalue weighted by Crippen LogP contribution is 2.46. The molecule has 0 bridgehead atoms. The van der Waals surface area contributed by atoms with Crippen LogP contribution in [0.3, 0.4) is 0 Å². The normalized spacial score (nSPS) is 32.3. The van der Waals surface area contributed by atoms with Gasteiger partial charge in [-0.05, 0) is 49.8 Å². The van der Waals surface area contributed by atoms with Gasteiger partial charge in [0.15, 0.2) is 0 Å². The van der Waals surface area contributed by atoms with E-state index in [4.69, 9.17) is 22.1 Å². The molecule has 116 valence electrons. The van der Waals surface area contributed by atoms with Crippen molar-refractivity contribution in [3.05, 3.63) is 28.8 Å². The molecule has 3 heteroatoms. The van der Waals surface area contributed by atoms with E-state index in [1.807, 2.05) is 18.2 Å². The molecule has 1 saturated carbocycles. The molecule has 2 nitrogen and oxygen atoms in total. The van der Waals surface area contributed by atoms with E-state index in [9.17, 15) is 0 Å². The van der Waals surface area contributed by atoms with Crippen LogP contribution in [0.4, 0.5) is 0 Å². The molecular weight excluding hydrogens is 282 g/mol. The first kappa shape index (κ1) is 15.2. The Hall–Kier alpha value is -0.730. The molecule has 0 radical (unpaired) electrons. The number of halogens is 1. The summed E-state index contributed by atoms with van der Waals surface area (Å²) in [6.07, 6.45) is 9.76. The Morgan fingerprint density at radius 3 is 3.00 bits per heavy atom. The molecule has 3 atom stereocenters. The van der Waals surface area contributed by atoms with Crippen molar-refractivity contribution >= 4 is 11.6 Å². The largest absolute Gasteiger partial charge is 0.487 e. The average Bonchev–Trinajstić information content (AvgIpc) is 2.64. The molecule has 0 aromatic heterocycles. The minimum atomic E-state index is -0.0390. The fraction of sp³-hybridized carbons (Fsp3) is 0.667. The maximum atomic E-state index is 6.45. The summed E-state index contributed by atoms with van der Waals surface area (Å²) in [5.41, 5.74) is 7.46. The van der Waals surface area contributed by atoms with Crippen molar-refractivity contribution < 1.29 is 4.74 Å². The van der Waals surface area contributed by atoms with Gasteiger partial charge in [-0.2, -0.15) is 0 Å². The first-order valence-corrected chi connectivity index (χ1v) is 8.74. The summed E-state index contributed by atoms with van der Waals surface area (Å²) in [6, 6.07) is 5.91. The Morgan fingerprint density at radius 1 is 1.33 bits per heavy atom. The quantitative estimate of drug-likeness (QED) is 0.810. The number of rotatable bonds is 2. The van der Waals surface area contributed by atoms with Crippen LogP contribution in [0.25, 0.3) is 0 Å². The van der Waals surface area contributed by atoms with Crippen LogP contribution in [0.15, 0.2) is 18.2 Å². The highest BCUT2D eigenvalue weighted by Gasteiger charge is 2.41. The Balaban J connectivity index is 1.79. The molecular formula is C18H26ClNO. The Morgan fingerprint density at radius 2 is 2.19 bits per heavy atom. The summed E-state index contributed by atoms with van der Waals surface area (Å²) >= 11 is 6.09. The Bertz CT molecular complexity index is 504. The third kappa shape index (κ3) is 3.22. The highest BCUT2D eigenvalue weighted by atomic mass is 35.5. The van der Waals surface area contributed by atoms with Gasteiger partial charge in [0, 0.05) is 23.0 Å². The topological polar surface area (TPSA) is 35.2 Å². The first-order valence-electron chi connectivity index (χ1n) is 8.36. The highest BCUT2D eigenvalue weighted by molar-refractivity contribution is 6.30. The number of ether oxygens (including phenoxy) is 1. The van der Waals surface area contributed by atoms with Crippen LogP contribution < -0.4 is 10.5 Å². The number of hydrogen-bond donors (Lipinski definition) is 1. The van der Waals surface area contributed by atoms with Crippen molar-refractivity contribution in [1.29, 1.82) is 0 Å². The van der Waals surface area contributed by atoms with Gasteiger partial charge in [0.05, 0.1) is 0 Å². The summed E-state index contributed by atoms with van der Waals surface area (Å²) in [7, 11) is 0. The van der Waals surface area contributed by atoms with Crippen molar-refractivity contribution in [3.63, 3.8) is 0 Å². The molecule has 2 N–H and O–H groups in total. The standard InChI is InChI=1S/C18H26ClNO/c1-2-4-13-5-3-9-18(10-8-13)12-16(20)15-11-14(19)6-7-17(15)21-18/h6-7,11,13,16H,2-5,8-10,12,20H2,1H3/t13?,16-,18?/m1/s1. The predicted octanol–water partition coefficient (Wildman–Crippen LogP) is 5.24. The smallest absolute Gasteiger partial charge is 0.125 e. The lowest BCUT2D eigenvalue weighted by molar-refractivity contribution is 0.0203. The molecule has 1 spiro atoms. The van der Waals surface area contributed by atoms with E-state index >= 15 is 0 Å². The second-order valence-electron chi connectivity index (χ2n) is 6.86. The zero-order chi connectivity index (χ0) is 14.9. The van der Waals surface area contributed by atoms with Crippen molar-refractivity contribution in [1.82, 2.24) is 0 Å². The van der Waals surface area contributed by atoms with E-state index in [0.29, 0.717) is 0 Å². The Labute approximate surface area is 133 Å². The molecule has 0 saturated heterocycles. The second kappa shape index (κ2) is 6.18. The number of nitrogens with two attached hydrogens (primary N) is 1. The van der Waals surface area contributed by atoms with Crippen molar-refractivity contribution in [2.75, 3.05) is 0 Å². The van der Waals surface area contributed by atoms with Crippen LogP contribution >= 0.6 is 11.6 Å². The molecule has 2 unspecified atom stereocenters. The SMILES string of the molecule is CCCC1CCCC2(CC1)C[C@@H](N)c1cc(Cl)ccc1O2. The minimum Gasteiger partial charge on any atom is -0.487 e. The lowest BCUT2D eigenvalue weighted by Crippen LogP contribution is -2.42. The molecule has 3 rings (SSSR count). The third-order valence-electron chi connectivity index (χ3n) is 5.24. The Kier molecular flexibility index (Phi) is 4.46. The van der Waals surface area contributed by atoms with Crippen LogP contribution in [-0.2, 0) is 0 Å². The lowest BCUT2D eigenvalue weighted by Gasteiger charge is -2.41. The average molecular weight is 308 g/mol. The molecule has 0 amide bonds. The molecule has 1 heterocycles.